The van der Waals surface area contributed by atoms with Gasteiger partial charge in [0.2, 0.25) is 0 Å². The van der Waals surface area contributed by atoms with Crippen molar-refractivity contribution in [2.24, 2.45) is 0 Å². The zero-order valence-electron chi connectivity index (χ0n) is 16.5. The third kappa shape index (κ3) is 4.78. The molecule has 145 valence electrons. The number of aromatic hydroxyl groups is 1. The molecule has 0 saturated heterocycles. The second kappa shape index (κ2) is 9.90. The van der Waals surface area contributed by atoms with Crippen LogP contribution in [0.3, 0.4) is 0 Å². The first-order valence-electron chi connectivity index (χ1n) is 9.89. The van der Waals surface area contributed by atoms with Crippen LogP contribution in [-0.4, -0.2) is 24.4 Å². The molecule has 4 aromatic carbocycles. The van der Waals surface area contributed by atoms with Crippen molar-refractivity contribution in [2.45, 2.75) is 0 Å². The summed E-state index contributed by atoms with van der Waals surface area (Å²) in [6, 6.07) is 41.9. The van der Waals surface area contributed by atoms with E-state index in [0.717, 1.165) is 5.39 Å². The summed E-state index contributed by atoms with van der Waals surface area (Å²) >= 11 is -1.63. The number of rotatable bonds is 3. The second-order valence-corrected chi connectivity index (χ2v) is 12.0. The van der Waals surface area contributed by atoms with E-state index in [1.54, 1.807) is 18.3 Å². The average molecular weight is 449 g/mol. The van der Waals surface area contributed by atoms with Gasteiger partial charge in [0.15, 0.2) is 0 Å². The number of pyridine rings is 1. The molecular formula is C27H22GeNO. The van der Waals surface area contributed by atoms with Gasteiger partial charge >= 0.3 is 119 Å². The molecule has 1 aromatic heterocycles. The number of hydrogen-bond acceptors (Lipinski definition) is 2. The maximum absolute atomic E-state index is 9.31. The van der Waals surface area contributed by atoms with Gasteiger partial charge in [0.25, 0.3) is 0 Å². The van der Waals surface area contributed by atoms with E-state index >= 15 is 0 Å². The summed E-state index contributed by atoms with van der Waals surface area (Å²) in [4.78, 5) is 4.03. The van der Waals surface area contributed by atoms with Crippen LogP contribution in [0.2, 0.25) is 0 Å². The molecule has 0 atom stereocenters. The number of benzene rings is 4. The van der Waals surface area contributed by atoms with Crippen molar-refractivity contribution < 1.29 is 5.11 Å². The average Bonchev–Trinajstić information content (AvgIpc) is 2.82. The van der Waals surface area contributed by atoms with Crippen LogP contribution >= 0.6 is 0 Å². The minimum absolute atomic E-state index is 0.239. The van der Waals surface area contributed by atoms with Crippen LogP contribution in [0.25, 0.3) is 10.9 Å². The van der Waals surface area contributed by atoms with Crippen LogP contribution in [0.4, 0.5) is 0 Å². The number of phenols is 1. The van der Waals surface area contributed by atoms with E-state index in [1.165, 1.54) is 13.2 Å². The Hall–Kier alpha value is -3.37. The van der Waals surface area contributed by atoms with Crippen molar-refractivity contribution >= 4 is 38.4 Å². The van der Waals surface area contributed by atoms with E-state index in [0.29, 0.717) is 5.52 Å². The quantitative estimate of drug-likeness (QED) is 0.421. The molecule has 1 radical (unpaired) electrons. The molecule has 0 aliphatic rings. The molecule has 0 unspecified atom stereocenters. The number of phenolic OH excluding ortho intramolecular Hbond substituents is 1. The number of aromatic nitrogens is 1. The summed E-state index contributed by atoms with van der Waals surface area (Å²) in [6.07, 6.45) is 1.67. The summed E-state index contributed by atoms with van der Waals surface area (Å²) in [7, 11) is 0. The molecule has 3 heteroatoms. The fourth-order valence-electron chi connectivity index (χ4n) is 3.40. The van der Waals surface area contributed by atoms with E-state index in [1.807, 2.05) is 18.2 Å². The van der Waals surface area contributed by atoms with Gasteiger partial charge in [-0.25, -0.2) is 0 Å². The summed E-state index contributed by atoms with van der Waals surface area (Å²) in [6.45, 7) is 0. The zero-order valence-corrected chi connectivity index (χ0v) is 18.6. The van der Waals surface area contributed by atoms with E-state index in [-0.39, 0.29) is 5.75 Å². The fourth-order valence-corrected chi connectivity index (χ4v) is 8.81. The number of para-hydroxylation sites is 1. The van der Waals surface area contributed by atoms with Crippen molar-refractivity contribution in [3.63, 3.8) is 0 Å². The van der Waals surface area contributed by atoms with Crippen molar-refractivity contribution in [1.82, 2.24) is 4.98 Å². The molecule has 5 rings (SSSR count). The van der Waals surface area contributed by atoms with Crippen LogP contribution in [0.15, 0.2) is 128 Å². The van der Waals surface area contributed by atoms with Crippen molar-refractivity contribution in [1.29, 1.82) is 0 Å². The molecule has 30 heavy (non-hydrogen) atoms. The molecule has 0 fully saturated rings. The SMILES string of the molecule is Oc1cccc2cccnc12.c1cc[c]([Ge]([c]2ccccc2)[c]2ccccc2)cc1. The first-order chi connectivity index (χ1) is 14.8. The Labute approximate surface area is 181 Å². The van der Waals surface area contributed by atoms with Gasteiger partial charge in [-0.15, -0.1) is 0 Å². The van der Waals surface area contributed by atoms with Crippen LogP contribution < -0.4 is 13.2 Å². The molecule has 1 N–H and O–H groups in total. The predicted octanol–water partition coefficient (Wildman–Crippen LogP) is 4.14. The summed E-state index contributed by atoms with van der Waals surface area (Å²) < 4.78 is 4.50. The fraction of sp³-hybridized carbons (Fsp3) is 0. The topological polar surface area (TPSA) is 33.1 Å². The second-order valence-electron chi connectivity index (χ2n) is 6.83. The minimum atomic E-state index is -1.63. The van der Waals surface area contributed by atoms with Crippen LogP contribution in [0.5, 0.6) is 5.75 Å². The molecule has 0 aliphatic carbocycles. The Kier molecular flexibility index (Phi) is 6.58. The number of nitrogens with zero attached hydrogens (tertiary/aromatic N) is 1. The van der Waals surface area contributed by atoms with Crippen LogP contribution in [0, 0.1) is 0 Å². The molecule has 0 bridgehead atoms. The third-order valence-corrected chi connectivity index (χ3v) is 10.5. The van der Waals surface area contributed by atoms with E-state index in [4.69, 9.17) is 0 Å². The molecule has 0 amide bonds. The Morgan fingerprint density at radius 3 is 1.43 bits per heavy atom. The number of hydrogen-bond donors (Lipinski definition) is 1. The number of fused-ring (bicyclic) bond motifs is 1. The van der Waals surface area contributed by atoms with Gasteiger partial charge in [-0.05, 0) is 12.1 Å². The Morgan fingerprint density at radius 1 is 0.500 bits per heavy atom. The van der Waals surface area contributed by atoms with Gasteiger partial charge in [-0.1, -0.05) is 18.2 Å². The normalized spacial score (nSPS) is 10.4. The van der Waals surface area contributed by atoms with E-state index in [9.17, 15) is 5.11 Å². The van der Waals surface area contributed by atoms with Crippen molar-refractivity contribution in [2.75, 3.05) is 0 Å². The molecule has 2 nitrogen and oxygen atoms in total. The standard InChI is InChI=1S/C18H15Ge.C9H7NO/c1-4-10-16(11-5-1)19(17-12-6-2-7-13-17)18-14-8-3-9-15-18;11-8-5-1-3-7-4-2-6-10-9(7)8/h1-15H;1-6,11H. The van der Waals surface area contributed by atoms with Gasteiger partial charge in [0.05, 0.1) is 0 Å². The monoisotopic (exact) mass is 450 g/mol. The first kappa shape index (κ1) is 19.9. The van der Waals surface area contributed by atoms with Crippen LogP contribution in [-0.2, 0) is 0 Å². The van der Waals surface area contributed by atoms with Crippen molar-refractivity contribution in [3.8, 4) is 5.75 Å². The van der Waals surface area contributed by atoms with Crippen molar-refractivity contribution in [3.05, 3.63) is 128 Å². The molecule has 0 saturated carbocycles. The van der Waals surface area contributed by atoms with Gasteiger partial charge in [0, 0.05) is 11.6 Å². The van der Waals surface area contributed by atoms with Gasteiger partial charge in [-0.2, -0.15) is 0 Å². The Bertz CT molecular complexity index is 1100. The van der Waals surface area contributed by atoms with Gasteiger partial charge in [0.1, 0.15) is 11.3 Å². The maximum atomic E-state index is 9.31. The predicted molar refractivity (Wildman–Crippen MR) is 127 cm³/mol. The summed E-state index contributed by atoms with van der Waals surface area (Å²) in [5.41, 5.74) is 0.662. The Morgan fingerprint density at radius 2 is 0.967 bits per heavy atom. The van der Waals surface area contributed by atoms with Gasteiger partial charge < -0.3 is 5.11 Å². The third-order valence-electron chi connectivity index (χ3n) is 4.80. The van der Waals surface area contributed by atoms with E-state index in [2.05, 4.69) is 96.0 Å². The summed E-state index contributed by atoms with van der Waals surface area (Å²) in [5, 5.41) is 10.3. The first-order valence-corrected chi connectivity index (χ1v) is 13.0. The Balaban J connectivity index is 0.000000168. The molecule has 1 heterocycles. The molecular weight excluding hydrogens is 427 g/mol. The molecule has 5 aromatic rings. The molecule has 0 spiro atoms. The van der Waals surface area contributed by atoms with Gasteiger partial charge in [-0.3, -0.25) is 4.98 Å². The van der Waals surface area contributed by atoms with E-state index < -0.39 is 14.3 Å². The zero-order chi connectivity index (χ0) is 20.6. The molecule has 0 aliphatic heterocycles. The summed E-state index contributed by atoms with van der Waals surface area (Å²) in [5.74, 6) is 0.239. The van der Waals surface area contributed by atoms with Crippen LogP contribution in [0.1, 0.15) is 0 Å².